The molecule has 0 unspecified atom stereocenters. The van der Waals surface area contributed by atoms with Crippen LogP contribution in [0.15, 0.2) is 0 Å². The predicted octanol–water partition coefficient (Wildman–Crippen LogP) is 1.19. The van der Waals surface area contributed by atoms with E-state index in [1.54, 1.807) is 7.05 Å². The van der Waals surface area contributed by atoms with Gasteiger partial charge < -0.3 is 16.0 Å². The Hall–Kier alpha value is -1.59. The van der Waals surface area contributed by atoms with Gasteiger partial charge in [0.1, 0.15) is 6.04 Å². The molecule has 0 saturated carbocycles. The number of amides is 3. The third-order valence-electron chi connectivity index (χ3n) is 3.40. The number of nitrogens with one attached hydrogen (secondary N) is 1. The standard InChI is InChI=1S/C15H29N3O3/c1-4-6-7-8-9-10-14(20)17-12(11-13(16)19)15(21)18(3)5-2/h12H,4-11H2,1-3H3,(H2,16,19)(H,17,20)/t12-/m1/s1. The molecule has 0 aliphatic rings. The lowest BCUT2D eigenvalue weighted by Gasteiger charge is -2.22. The third-order valence-corrected chi connectivity index (χ3v) is 3.40. The highest BCUT2D eigenvalue weighted by Gasteiger charge is 2.24. The van der Waals surface area contributed by atoms with Gasteiger partial charge in [0, 0.05) is 20.0 Å². The summed E-state index contributed by atoms with van der Waals surface area (Å²) in [4.78, 5) is 36.4. The molecule has 0 saturated heterocycles. The monoisotopic (exact) mass is 299 g/mol. The summed E-state index contributed by atoms with van der Waals surface area (Å²) in [6.07, 6.45) is 5.47. The molecule has 0 bridgehead atoms. The molecule has 3 N–H and O–H groups in total. The van der Waals surface area contributed by atoms with Crippen LogP contribution in [0.1, 0.15) is 58.8 Å². The van der Waals surface area contributed by atoms with Crippen molar-refractivity contribution in [2.75, 3.05) is 13.6 Å². The predicted molar refractivity (Wildman–Crippen MR) is 82.4 cm³/mol. The number of likely N-dealkylation sites (N-methyl/N-ethyl adjacent to an activating group) is 1. The molecule has 21 heavy (non-hydrogen) atoms. The number of unbranched alkanes of at least 4 members (excludes halogenated alkanes) is 4. The number of carbonyl (C=O) groups excluding carboxylic acids is 3. The fourth-order valence-electron chi connectivity index (χ4n) is 1.98. The second-order valence-corrected chi connectivity index (χ2v) is 5.31. The highest BCUT2D eigenvalue weighted by atomic mass is 16.2. The Morgan fingerprint density at radius 1 is 1.10 bits per heavy atom. The fourth-order valence-corrected chi connectivity index (χ4v) is 1.98. The minimum Gasteiger partial charge on any atom is -0.370 e. The third kappa shape index (κ3) is 9.05. The SMILES string of the molecule is CCCCCCCC(=O)N[C@H](CC(N)=O)C(=O)N(C)CC. The molecule has 0 spiro atoms. The highest BCUT2D eigenvalue weighted by Crippen LogP contribution is 2.06. The molecular formula is C15H29N3O3. The Morgan fingerprint density at radius 3 is 2.24 bits per heavy atom. The van der Waals surface area contributed by atoms with E-state index in [2.05, 4.69) is 12.2 Å². The lowest BCUT2D eigenvalue weighted by Crippen LogP contribution is -2.49. The quantitative estimate of drug-likeness (QED) is 0.561. The maximum absolute atomic E-state index is 12.1. The van der Waals surface area contributed by atoms with Crippen molar-refractivity contribution in [3.63, 3.8) is 0 Å². The molecule has 0 radical (unpaired) electrons. The smallest absolute Gasteiger partial charge is 0.245 e. The number of nitrogens with two attached hydrogens (primary N) is 1. The summed E-state index contributed by atoms with van der Waals surface area (Å²) in [5.74, 6) is -1.08. The number of primary amides is 1. The summed E-state index contributed by atoms with van der Waals surface area (Å²) in [5.41, 5.74) is 5.14. The van der Waals surface area contributed by atoms with Crippen molar-refractivity contribution in [1.29, 1.82) is 0 Å². The molecule has 0 aliphatic heterocycles. The second-order valence-electron chi connectivity index (χ2n) is 5.31. The molecule has 122 valence electrons. The van der Waals surface area contributed by atoms with E-state index in [0.717, 1.165) is 25.7 Å². The summed E-state index contributed by atoms with van der Waals surface area (Å²) in [7, 11) is 1.63. The van der Waals surface area contributed by atoms with Crippen LogP contribution in [-0.2, 0) is 14.4 Å². The minimum atomic E-state index is -0.851. The summed E-state index contributed by atoms with van der Waals surface area (Å²) >= 11 is 0. The fraction of sp³-hybridized carbons (Fsp3) is 0.800. The molecule has 6 heteroatoms. The first-order valence-corrected chi connectivity index (χ1v) is 7.75. The van der Waals surface area contributed by atoms with E-state index in [1.165, 1.54) is 11.3 Å². The van der Waals surface area contributed by atoms with Crippen molar-refractivity contribution < 1.29 is 14.4 Å². The number of rotatable bonds is 11. The van der Waals surface area contributed by atoms with E-state index >= 15 is 0 Å². The van der Waals surface area contributed by atoms with Crippen molar-refractivity contribution in [1.82, 2.24) is 10.2 Å². The van der Waals surface area contributed by atoms with E-state index < -0.39 is 11.9 Å². The molecule has 0 heterocycles. The van der Waals surface area contributed by atoms with E-state index in [1.807, 2.05) is 6.92 Å². The number of hydrogen-bond acceptors (Lipinski definition) is 3. The lowest BCUT2D eigenvalue weighted by molar-refractivity contribution is -0.137. The van der Waals surface area contributed by atoms with Crippen LogP contribution in [0.4, 0.5) is 0 Å². The van der Waals surface area contributed by atoms with Crippen LogP contribution in [-0.4, -0.2) is 42.3 Å². The molecular weight excluding hydrogens is 270 g/mol. The van der Waals surface area contributed by atoms with Gasteiger partial charge in [-0.15, -0.1) is 0 Å². The zero-order chi connectivity index (χ0) is 16.3. The van der Waals surface area contributed by atoms with Gasteiger partial charge in [0.25, 0.3) is 0 Å². The van der Waals surface area contributed by atoms with E-state index in [0.29, 0.717) is 13.0 Å². The molecule has 0 aromatic rings. The first-order valence-electron chi connectivity index (χ1n) is 7.75. The van der Waals surface area contributed by atoms with Crippen LogP contribution in [0.3, 0.4) is 0 Å². The summed E-state index contributed by atoms with van der Waals surface area (Å²) < 4.78 is 0. The van der Waals surface area contributed by atoms with Crippen LogP contribution in [0.2, 0.25) is 0 Å². The Morgan fingerprint density at radius 2 is 1.71 bits per heavy atom. The van der Waals surface area contributed by atoms with Crippen LogP contribution in [0, 0.1) is 0 Å². The van der Waals surface area contributed by atoms with Gasteiger partial charge in [-0.2, -0.15) is 0 Å². The van der Waals surface area contributed by atoms with Gasteiger partial charge in [-0.1, -0.05) is 32.6 Å². The average molecular weight is 299 g/mol. The van der Waals surface area contributed by atoms with Gasteiger partial charge in [0.15, 0.2) is 0 Å². The molecule has 1 atom stereocenters. The van der Waals surface area contributed by atoms with Crippen molar-refractivity contribution in [2.45, 2.75) is 64.8 Å². The van der Waals surface area contributed by atoms with Gasteiger partial charge in [0.05, 0.1) is 6.42 Å². The molecule has 3 amide bonds. The zero-order valence-corrected chi connectivity index (χ0v) is 13.5. The molecule has 0 aliphatic carbocycles. The summed E-state index contributed by atoms with van der Waals surface area (Å²) in [6.45, 7) is 4.48. The second kappa shape index (κ2) is 11.1. The van der Waals surface area contributed by atoms with E-state index in [-0.39, 0.29) is 18.2 Å². The Bertz CT molecular complexity index is 345. The maximum atomic E-state index is 12.1. The summed E-state index contributed by atoms with van der Waals surface area (Å²) in [6, 6.07) is -0.851. The molecule has 6 nitrogen and oxygen atoms in total. The van der Waals surface area contributed by atoms with Crippen LogP contribution in [0.25, 0.3) is 0 Å². The number of nitrogens with zero attached hydrogens (tertiary/aromatic N) is 1. The average Bonchev–Trinajstić information content (AvgIpc) is 2.44. The molecule has 0 fully saturated rings. The highest BCUT2D eigenvalue weighted by molar-refractivity contribution is 5.91. The van der Waals surface area contributed by atoms with E-state index in [9.17, 15) is 14.4 Å². The van der Waals surface area contributed by atoms with Gasteiger partial charge in [0.2, 0.25) is 17.7 Å². The van der Waals surface area contributed by atoms with Crippen molar-refractivity contribution in [3.05, 3.63) is 0 Å². The van der Waals surface area contributed by atoms with Crippen LogP contribution in [0.5, 0.6) is 0 Å². The first-order chi connectivity index (χ1) is 9.92. The minimum absolute atomic E-state index is 0.162. The number of carbonyl (C=O) groups is 3. The van der Waals surface area contributed by atoms with Crippen molar-refractivity contribution in [2.24, 2.45) is 5.73 Å². The molecule has 0 rings (SSSR count). The number of hydrogen-bond donors (Lipinski definition) is 2. The van der Waals surface area contributed by atoms with Crippen molar-refractivity contribution >= 4 is 17.7 Å². The van der Waals surface area contributed by atoms with E-state index in [4.69, 9.17) is 5.73 Å². The summed E-state index contributed by atoms with van der Waals surface area (Å²) in [5, 5.41) is 2.62. The molecule has 0 aromatic carbocycles. The zero-order valence-electron chi connectivity index (χ0n) is 13.5. The van der Waals surface area contributed by atoms with Crippen LogP contribution < -0.4 is 11.1 Å². The van der Waals surface area contributed by atoms with Gasteiger partial charge >= 0.3 is 0 Å². The van der Waals surface area contributed by atoms with Gasteiger partial charge in [-0.3, -0.25) is 14.4 Å². The van der Waals surface area contributed by atoms with Crippen LogP contribution >= 0.6 is 0 Å². The Balaban J connectivity index is 4.29. The lowest BCUT2D eigenvalue weighted by atomic mass is 10.1. The van der Waals surface area contributed by atoms with Gasteiger partial charge in [-0.05, 0) is 13.3 Å². The largest absolute Gasteiger partial charge is 0.370 e. The van der Waals surface area contributed by atoms with Gasteiger partial charge in [-0.25, -0.2) is 0 Å². The Kier molecular flexibility index (Phi) is 10.3. The molecule has 0 aromatic heterocycles. The Labute approximate surface area is 127 Å². The van der Waals surface area contributed by atoms with Crippen molar-refractivity contribution in [3.8, 4) is 0 Å². The first kappa shape index (κ1) is 19.4. The maximum Gasteiger partial charge on any atom is 0.245 e. The normalized spacial score (nSPS) is 11.8. The topological polar surface area (TPSA) is 92.5 Å².